The summed E-state index contributed by atoms with van der Waals surface area (Å²) < 4.78 is 2.21. The van der Waals surface area contributed by atoms with E-state index in [9.17, 15) is 4.79 Å². The normalized spacial score (nSPS) is 16.1. The highest BCUT2D eigenvalue weighted by Gasteiger charge is 2.29. The maximum atomic E-state index is 12.9. The van der Waals surface area contributed by atoms with Crippen molar-refractivity contribution in [2.75, 3.05) is 13.1 Å². The Kier molecular flexibility index (Phi) is 5.51. The Labute approximate surface area is 166 Å². The molecule has 1 aliphatic rings. The molecule has 0 saturated carbocycles. The zero-order chi connectivity index (χ0) is 19.3. The molecule has 1 saturated heterocycles. The minimum atomic E-state index is -0.0923. The highest BCUT2D eigenvalue weighted by atomic mass is 16.2. The average Bonchev–Trinajstić information content (AvgIpc) is 3.22. The van der Waals surface area contributed by atoms with Crippen molar-refractivity contribution >= 4 is 5.91 Å². The molecular weight excluding hydrogens is 348 g/mol. The van der Waals surface area contributed by atoms with Gasteiger partial charge in [0, 0.05) is 43.8 Å². The number of imidazole rings is 1. The van der Waals surface area contributed by atoms with Crippen molar-refractivity contribution < 1.29 is 4.79 Å². The molecule has 5 heteroatoms. The van der Waals surface area contributed by atoms with E-state index >= 15 is 0 Å². The van der Waals surface area contributed by atoms with Crippen LogP contribution < -0.4 is 0 Å². The lowest BCUT2D eigenvalue weighted by Crippen LogP contribution is -2.40. The summed E-state index contributed by atoms with van der Waals surface area (Å²) in [4.78, 5) is 23.7. The minimum absolute atomic E-state index is 0.0923. The molecule has 144 valence electrons. The largest absolute Gasteiger partial charge is 0.342 e. The number of hydrogen-bond acceptors (Lipinski definition) is 3. The van der Waals surface area contributed by atoms with Gasteiger partial charge < -0.3 is 9.47 Å². The van der Waals surface area contributed by atoms with E-state index in [0.29, 0.717) is 5.92 Å². The fourth-order valence-corrected chi connectivity index (χ4v) is 4.02. The number of hydrogen-bond donors (Lipinski definition) is 0. The first-order valence-electron chi connectivity index (χ1n) is 9.96. The summed E-state index contributed by atoms with van der Waals surface area (Å²) in [6, 6.07) is 14.1. The molecule has 0 radical (unpaired) electrons. The van der Waals surface area contributed by atoms with Gasteiger partial charge in [-0.3, -0.25) is 9.78 Å². The van der Waals surface area contributed by atoms with Gasteiger partial charge in [0.1, 0.15) is 5.82 Å². The lowest BCUT2D eigenvalue weighted by molar-refractivity contribution is -0.133. The van der Waals surface area contributed by atoms with E-state index in [1.54, 1.807) is 6.20 Å². The monoisotopic (exact) mass is 374 g/mol. The van der Waals surface area contributed by atoms with Crippen LogP contribution in [0, 0.1) is 0 Å². The minimum Gasteiger partial charge on any atom is -0.342 e. The maximum Gasteiger partial charge on any atom is 0.229 e. The lowest BCUT2D eigenvalue weighted by Gasteiger charge is -2.33. The molecule has 5 nitrogen and oxygen atoms in total. The zero-order valence-electron chi connectivity index (χ0n) is 16.2. The van der Waals surface area contributed by atoms with Gasteiger partial charge in [-0.2, -0.15) is 0 Å². The van der Waals surface area contributed by atoms with Gasteiger partial charge in [-0.25, -0.2) is 4.98 Å². The SMILES string of the molecule is C[C@H](C(=O)N1CCC(c2nccn2Cc2cccnc2)CC1)c1ccccc1. The van der Waals surface area contributed by atoms with Gasteiger partial charge in [-0.15, -0.1) is 0 Å². The number of pyridine rings is 1. The predicted octanol–water partition coefficient (Wildman–Crippen LogP) is 3.84. The van der Waals surface area contributed by atoms with Crippen LogP contribution >= 0.6 is 0 Å². The Bertz CT molecular complexity index is 899. The maximum absolute atomic E-state index is 12.9. The first-order chi connectivity index (χ1) is 13.7. The topological polar surface area (TPSA) is 51.0 Å². The molecular formula is C23H26N4O. The third-order valence-corrected chi connectivity index (χ3v) is 5.67. The van der Waals surface area contributed by atoms with Crippen LogP contribution in [0.1, 0.15) is 48.6 Å². The van der Waals surface area contributed by atoms with Crippen LogP contribution in [0.25, 0.3) is 0 Å². The smallest absolute Gasteiger partial charge is 0.229 e. The molecule has 0 N–H and O–H groups in total. The first kappa shape index (κ1) is 18.4. The Hall–Kier alpha value is -2.95. The molecule has 0 bridgehead atoms. The summed E-state index contributed by atoms with van der Waals surface area (Å²) in [5.41, 5.74) is 2.26. The Morgan fingerprint density at radius 1 is 1.11 bits per heavy atom. The Balaban J connectivity index is 1.38. The standard InChI is InChI=1S/C23H26N4O/c1-18(20-7-3-2-4-8-20)23(28)26-13-9-21(10-14-26)22-25-12-15-27(22)17-19-6-5-11-24-16-19/h2-8,11-12,15-16,18,21H,9-10,13-14,17H2,1H3/t18-/m0/s1. The van der Waals surface area contributed by atoms with Crippen LogP contribution in [0.4, 0.5) is 0 Å². The highest BCUT2D eigenvalue weighted by Crippen LogP contribution is 2.29. The van der Waals surface area contributed by atoms with Crippen LogP contribution in [0.5, 0.6) is 0 Å². The summed E-state index contributed by atoms with van der Waals surface area (Å²) in [5, 5.41) is 0. The van der Waals surface area contributed by atoms with Crippen molar-refractivity contribution in [3.8, 4) is 0 Å². The summed E-state index contributed by atoms with van der Waals surface area (Å²) in [6.07, 6.45) is 9.52. The molecule has 2 aromatic heterocycles. The number of rotatable bonds is 5. The van der Waals surface area contributed by atoms with Crippen LogP contribution in [0.15, 0.2) is 67.3 Å². The number of aromatic nitrogens is 3. The average molecular weight is 374 g/mol. The summed E-state index contributed by atoms with van der Waals surface area (Å²) in [7, 11) is 0. The van der Waals surface area contributed by atoms with Gasteiger partial charge in [0.2, 0.25) is 5.91 Å². The molecule has 3 aromatic rings. The number of benzene rings is 1. The molecule has 4 rings (SSSR count). The van der Waals surface area contributed by atoms with E-state index in [4.69, 9.17) is 0 Å². The van der Waals surface area contributed by atoms with E-state index < -0.39 is 0 Å². The van der Waals surface area contributed by atoms with Crippen molar-refractivity contribution in [1.82, 2.24) is 19.4 Å². The summed E-state index contributed by atoms with van der Waals surface area (Å²) in [5.74, 6) is 1.64. The number of amides is 1. The second-order valence-corrected chi connectivity index (χ2v) is 7.51. The molecule has 28 heavy (non-hydrogen) atoms. The number of nitrogens with zero attached hydrogens (tertiary/aromatic N) is 4. The molecule has 0 spiro atoms. The third kappa shape index (κ3) is 3.98. The van der Waals surface area contributed by atoms with Crippen molar-refractivity contribution in [1.29, 1.82) is 0 Å². The van der Waals surface area contributed by atoms with E-state index in [2.05, 4.69) is 20.6 Å². The fraction of sp³-hybridized carbons (Fsp3) is 0.348. The number of carbonyl (C=O) groups is 1. The number of likely N-dealkylation sites (tertiary alicyclic amines) is 1. The second-order valence-electron chi connectivity index (χ2n) is 7.51. The predicted molar refractivity (Wildman–Crippen MR) is 109 cm³/mol. The van der Waals surface area contributed by atoms with Crippen molar-refractivity contribution in [3.63, 3.8) is 0 Å². The summed E-state index contributed by atoms with van der Waals surface area (Å²) in [6.45, 7) is 4.37. The zero-order valence-corrected chi connectivity index (χ0v) is 16.2. The third-order valence-electron chi connectivity index (χ3n) is 5.67. The van der Waals surface area contributed by atoms with Gasteiger partial charge in [-0.1, -0.05) is 36.4 Å². The lowest BCUT2D eigenvalue weighted by atomic mass is 9.93. The van der Waals surface area contributed by atoms with Crippen molar-refractivity contribution in [2.24, 2.45) is 0 Å². The van der Waals surface area contributed by atoms with Crippen molar-refractivity contribution in [2.45, 2.75) is 38.1 Å². The van der Waals surface area contributed by atoms with Gasteiger partial charge in [0.15, 0.2) is 0 Å². The van der Waals surface area contributed by atoms with Gasteiger partial charge >= 0.3 is 0 Å². The molecule has 3 heterocycles. The number of piperidine rings is 1. The molecule has 1 amide bonds. The summed E-state index contributed by atoms with van der Waals surface area (Å²) >= 11 is 0. The van der Waals surface area contributed by atoms with Crippen molar-refractivity contribution in [3.05, 3.63) is 84.2 Å². The van der Waals surface area contributed by atoms with Crippen LogP contribution in [0.3, 0.4) is 0 Å². The van der Waals surface area contributed by atoms with Gasteiger partial charge in [0.25, 0.3) is 0 Å². The Morgan fingerprint density at radius 3 is 2.61 bits per heavy atom. The van der Waals surface area contributed by atoms with Crippen LogP contribution in [-0.4, -0.2) is 38.4 Å². The van der Waals surface area contributed by atoms with Gasteiger partial charge in [0.05, 0.1) is 12.5 Å². The van der Waals surface area contributed by atoms with Crippen LogP contribution in [-0.2, 0) is 11.3 Å². The quantitative estimate of drug-likeness (QED) is 0.682. The first-order valence-corrected chi connectivity index (χ1v) is 9.96. The van der Waals surface area contributed by atoms with E-state index in [1.807, 2.05) is 66.8 Å². The molecule has 1 aromatic carbocycles. The van der Waals surface area contributed by atoms with Gasteiger partial charge in [-0.05, 0) is 37.0 Å². The van der Waals surface area contributed by atoms with E-state index in [-0.39, 0.29) is 11.8 Å². The molecule has 0 aliphatic carbocycles. The van der Waals surface area contributed by atoms with E-state index in [0.717, 1.165) is 43.9 Å². The number of carbonyl (C=O) groups excluding carboxylic acids is 1. The highest BCUT2D eigenvalue weighted by molar-refractivity contribution is 5.83. The molecule has 1 fully saturated rings. The van der Waals surface area contributed by atoms with Crippen LogP contribution in [0.2, 0.25) is 0 Å². The van der Waals surface area contributed by atoms with E-state index in [1.165, 1.54) is 5.56 Å². The second kappa shape index (κ2) is 8.38. The molecule has 1 atom stereocenters. The Morgan fingerprint density at radius 2 is 1.89 bits per heavy atom. The fourth-order valence-electron chi connectivity index (χ4n) is 4.02. The molecule has 0 unspecified atom stereocenters. The molecule has 1 aliphatic heterocycles.